The van der Waals surface area contributed by atoms with Crippen molar-refractivity contribution in [3.05, 3.63) is 29.8 Å². The molecule has 0 fully saturated rings. The fourth-order valence-corrected chi connectivity index (χ4v) is 2.06. The Hall–Kier alpha value is -0.980. The maximum absolute atomic E-state index is 6.03. The number of guanidine groups is 1. The third kappa shape index (κ3) is 5.73. The topological polar surface area (TPSA) is 50.8 Å². The molecule has 0 aliphatic heterocycles. The number of halogens is 1. The second-order valence-electron chi connectivity index (χ2n) is 5.46. The van der Waals surface area contributed by atoms with Crippen molar-refractivity contribution >= 4 is 29.9 Å². The molecule has 0 atom stereocenters. The van der Waals surface area contributed by atoms with Gasteiger partial charge in [-0.3, -0.25) is 4.99 Å². The van der Waals surface area contributed by atoms with E-state index in [0.717, 1.165) is 18.8 Å². The largest absolute Gasteiger partial charge is 0.497 e. The number of hydrogen-bond donors (Lipinski definition) is 1. The lowest BCUT2D eigenvalue weighted by Crippen LogP contribution is -2.38. The van der Waals surface area contributed by atoms with E-state index in [1.807, 2.05) is 12.1 Å². The minimum absolute atomic E-state index is 0. The smallest absolute Gasteiger partial charge is 0.191 e. The van der Waals surface area contributed by atoms with Gasteiger partial charge in [0.2, 0.25) is 0 Å². The van der Waals surface area contributed by atoms with E-state index in [1.165, 1.54) is 5.56 Å². The second kappa shape index (κ2) is 9.12. The Morgan fingerprint density at radius 2 is 1.90 bits per heavy atom. The summed E-state index contributed by atoms with van der Waals surface area (Å²) in [5, 5.41) is 0. The van der Waals surface area contributed by atoms with Crippen molar-refractivity contribution in [2.75, 3.05) is 26.7 Å². The Morgan fingerprint density at radius 3 is 2.43 bits per heavy atom. The molecule has 0 aliphatic carbocycles. The summed E-state index contributed by atoms with van der Waals surface area (Å²) in [5.74, 6) is 1.49. The quantitative estimate of drug-likeness (QED) is 0.449. The number of nitrogens with two attached hydrogens (primary N) is 1. The molecule has 4 nitrogen and oxygen atoms in total. The number of rotatable bonds is 6. The molecule has 120 valence electrons. The third-order valence-electron chi connectivity index (χ3n) is 3.57. The SMILES string of the molecule is CCN(CC)C(N)=NCC(C)(C)c1cccc(OC)c1.I. The van der Waals surface area contributed by atoms with Gasteiger partial charge in [0.25, 0.3) is 0 Å². The van der Waals surface area contributed by atoms with Crippen LogP contribution in [-0.2, 0) is 5.41 Å². The first-order valence-corrected chi connectivity index (χ1v) is 7.14. The van der Waals surface area contributed by atoms with Crippen LogP contribution in [0.5, 0.6) is 5.75 Å². The van der Waals surface area contributed by atoms with E-state index in [-0.39, 0.29) is 29.4 Å². The van der Waals surface area contributed by atoms with E-state index in [0.29, 0.717) is 12.5 Å². The molecule has 21 heavy (non-hydrogen) atoms. The lowest BCUT2D eigenvalue weighted by molar-refractivity contribution is 0.412. The molecule has 0 unspecified atom stereocenters. The molecule has 5 heteroatoms. The Balaban J connectivity index is 0.00000400. The van der Waals surface area contributed by atoms with Crippen molar-refractivity contribution in [1.29, 1.82) is 0 Å². The van der Waals surface area contributed by atoms with Gasteiger partial charge in [-0.05, 0) is 31.5 Å². The Bertz CT molecular complexity index is 457. The molecule has 1 aromatic carbocycles. The van der Waals surface area contributed by atoms with Crippen molar-refractivity contribution in [2.24, 2.45) is 10.7 Å². The molecule has 0 amide bonds. The van der Waals surface area contributed by atoms with E-state index >= 15 is 0 Å². The van der Waals surface area contributed by atoms with Gasteiger partial charge in [0, 0.05) is 18.5 Å². The molecule has 0 bridgehead atoms. The average molecular weight is 405 g/mol. The normalized spacial score (nSPS) is 11.8. The molecule has 1 rings (SSSR count). The minimum Gasteiger partial charge on any atom is -0.497 e. The average Bonchev–Trinajstić information content (AvgIpc) is 2.46. The third-order valence-corrected chi connectivity index (χ3v) is 3.57. The van der Waals surface area contributed by atoms with Crippen LogP contribution >= 0.6 is 24.0 Å². The van der Waals surface area contributed by atoms with Crippen LogP contribution in [0.15, 0.2) is 29.3 Å². The van der Waals surface area contributed by atoms with E-state index in [1.54, 1.807) is 7.11 Å². The molecule has 0 radical (unpaired) electrons. The lowest BCUT2D eigenvalue weighted by Gasteiger charge is -2.25. The van der Waals surface area contributed by atoms with Crippen LogP contribution < -0.4 is 10.5 Å². The fraction of sp³-hybridized carbons (Fsp3) is 0.562. The molecule has 0 heterocycles. The standard InChI is InChI=1S/C16H27N3O.HI/c1-6-19(7-2)15(17)18-12-16(3,4)13-9-8-10-14(11-13)20-5;/h8-11H,6-7,12H2,1-5H3,(H2,17,18);1H. The predicted molar refractivity (Wildman–Crippen MR) is 101 cm³/mol. The Morgan fingerprint density at radius 1 is 1.29 bits per heavy atom. The number of ether oxygens (including phenoxy) is 1. The van der Waals surface area contributed by atoms with Gasteiger partial charge in [0.15, 0.2) is 5.96 Å². The van der Waals surface area contributed by atoms with E-state index in [4.69, 9.17) is 10.5 Å². The zero-order valence-corrected chi connectivity index (χ0v) is 16.0. The molecule has 0 aromatic heterocycles. The van der Waals surface area contributed by atoms with Gasteiger partial charge in [-0.25, -0.2) is 0 Å². The van der Waals surface area contributed by atoms with Gasteiger partial charge >= 0.3 is 0 Å². The second-order valence-corrected chi connectivity index (χ2v) is 5.46. The number of hydrogen-bond acceptors (Lipinski definition) is 2. The van der Waals surface area contributed by atoms with Gasteiger partial charge in [-0.1, -0.05) is 26.0 Å². The molecular formula is C16H28IN3O. The van der Waals surface area contributed by atoms with E-state index < -0.39 is 0 Å². The monoisotopic (exact) mass is 405 g/mol. The molecule has 1 aromatic rings. The molecule has 0 spiro atoms. The summed E-state index contributed by atoms with van der Waals surface area (Å²) < 4.78 is 5.28. The van der Waals surface area contributed by atoms with E-state index in [2.05, 4.69) is 49.7 Å². The van der Waals surface area contributed by atoms with Gasteiger partial charge < -0.3 is 15.4 Å². The van der Waals surface area contributed by atoms with Crippen LogP contribution in [0.1, 0.15) is 33.3 Å². The summed E-state index contributed by atoms with van der Waals surface area (Å²) in [5.41, 5.74) is 7.16. The van der Waals surface area contributed by atoms with Gasteiger partial charge in [0.1, 0.15) is 5.75 Å². The molecule has 0 aliphatic rings. The summed E-state index contributed by atoms with van der Waals surface area (Å²) in [6, 6.07) is 8.12. The lowest BCUT2D eigenvalue weighted by atomic mass is 9.85. The highest BCUT2D eigenvalue weighted by molar-refractivity contribution is 14.0. The van der Waals surface area contributed by atoms with Crippen LogP contribution in [0.4, 0.5) is 0 Å². The van der Waals surface area contributed by atoms with Crippen LogP contribution in [0.2, 0.25) is 0 Å². The number of benzene rings is 1. The number of methoxy groups -OCH3 is 1. The zero-order valence-electron chi connectivity index (χ0n) is 13.7. The maximum atomic E-state index is 6.03. The van der Waals surface area contributed by atoms with Crippen molar-refractivity contribution in [1.82, 2.24) is 4.90 Å². The molecule has 2 N–H and O–H groups in total. The van der Waals surface area contributed by atoms with Gasteiger partial charge in [-0.2, -0.15) is 0 Å². The van der Waals surface area contributed by atoms with Crippen molar-refractivity contribution in [2.45, 2.75) is 33.1 Å². The summed E-state index contributed by atoms with van der Waals surface area (Å²) >= 11 is 0. The molecule has 0 saturated heterocycles. The van der Waals surface area contributed by atoms with Gasteiger partial charge in [-0.15, -0.1) is 24.0 Å². The number of aliphatic imine (C=N–C) groups is 1. The highest BCUT2D eigenvalue weighted by Crippen LogP contribution is 2.26. The van der Waals surface area contributed by atoms with Crippen LogP contribution in [0, 0.1) is 0 Å². The van der Waals surface area contributed by atoms with Crippen molar-refractivity contribution in [3.8, 4) is 5.75 Å². The van der Waals surface area contributed by atoms with Crippen molar-refractivity contribution < 1.29 is 4.74 Å². The van der Waals surface area contributed by atoms with Crippen LogP contribution in [0.25, 0.3) is 0 Å². The first kappa shape index (κ1) is 20.0. The molecule has 0 saturated carbocycles. The summed E-state index contributed by atoms with van der Waals surface area (Å²) in [6.45, 7) is 10.9. The maximum Gasteiger partial charge on any atom is 0.191 e. The Labute approximate surface area is 145 Å². The fourth-order valence-electron chi connectivity index (χ4n) is 2.06. The minimum atomic E-state index is -0.0771. The highest BCUT2D eigenvalue weighted by atomic mass is 127. The number of nitrogens with zero attached hydrogens (tertiary/aromatic N) is 2. The zero-order chi connectivity index (χ0) is 15.2. The van der Waals surface area contributed by atoms with Gasteiger partial charge in [0.05, 0.1) is 13.7 Å². The predicted octanol–water partition coefficient (Wildman–Crippen LogP) is 3.25. The Kier molecular flexibility index (Phi) is 8.70. The first-order chi connectivity index (χ1) is 9.44. The van der Waals surface area contributed by atoms with Crippen molar-refractivity contribution in [3.63, 3.8) is 0 Å². The van der Waals surface area contributed by atoms with Crippen LogP contribution in [0.3, 0.4) is 0 Å². The highest BCUT2D eigenvalue weighted by Gasteiger charge is 2.21. The first-order valence-electron chi connectivity index (χ1n) is 7.14. The van der Waals surface area contributed by atoms with E-state index in [9.17, 15) is 0 Å². The summed E-state index contributed by atoms with van der Waals surface area (Å²) in [7, 11) is 1.68. The summed E-state index contributed by atoms with van der Waals surface area (Å²) in [4.78, 5) is 6.61. The van der Waals surface area contributed by atoms with Crippen LogP contribution in [-0.4, -0.2) is 37.6 Å². The molecular weight excluding hydrogens is 377 g/mol. The summed E-state index contributed by atoms with van der Waals surface area (Å²) in [6.07, 6.45) is 0.